The van der Waals surface area contributed by atoms with Crippen LogP contribution in [0, 0.1) is 23.7 Å². The second-order valence-electron chi connectivity index (χ2n) is 10.9. The molecule has 0 aromatic heterocycles. The fourth-order valence-electron chi connectivity index (χ4n) is 6.44. The van der Waals surface area contributed by atoms with Crippen LogP contribution in [-0.2, 0) is 40.1 Å². The largest absolute Gasteiger partial charge is 0.497 e. The van der Waals surface area contributed by atoms with Gasteiger partial charge in [-0.25, -0.2) is 9.78 Å². The summed E-state index contributed by atoms with van der Waals surface area (Å²) < 4.78 is 23.5. The summed E-state index contributed by atoms with van der Waals surface area (Å²) in [4.78, 5) is 36.9. The lowest BCUT2D eigenvalue weighted by Crippen LogP contribution is -2.70. The van der Waals surface area contributed by atoms with Gasteiger partial charge in [0, 0.05) is 31.2 Å². The van der Waals surface area contributed by atoms with Crippen molar-refractivity contribution in [3.8, 4) is 5.75 Å². The summed E-state index contributed by atoms with van der Waals surface area (Å²) in [6.07, 6.45) is 2.24. The Morgan fingerprint density at radius 3 is 2.58 bits per heavy atom. The second kappa shape index (κ2) is 9.93. The quantitative estimate of drug-likeness (QED) is 0.442. The van der Waals surface area contributed by atoms with Crippen LogP contribution in [0.5, 0.6) is 5.75 Å². The first-order chi connectivity index (χ1) is 17.2. The number of nitrogens with one attached hydrogen (secondary N) is 1. The van der Waals surface area contributed by atoms with Crippen LogP contribution < -0.4 is 10.1 Å². The van der Waals surface area contributed by atoms with Gasteiger partial charge in [-0.15, -0.1) is 0 Å². The van der Waals surface area contributed by atoms with Crippen molar-refractivity contribution in [1.82, 2.24) is 5.32 Å². The summed E-state index contributed by atoms with van der Waals surface area (Å²) >= 11 is 0. The van der Waals surface area contributed by atoms with Crippen LogP contribution in [0.3, 0.4) is 0 Å². The Hall–Kier alpha value is -2.20. The van der Waals surface area contributed by atoms with Gasteiger partial charge in [0.2, 0.25) is 18.0 Å². The lowest BCUT2D eigenvalue weighted by Gasteiger charge is -2.59. The second-order valence-corrected chi connectivity index (χ2v) is 10.9. The van der Waals surface area contributed by atoms with Gasteiger partial charge in [-0.3, -0.25) is 9.59 Å². The Labute approximate surface area is 212 Å². The molecule has 4 saturated heterocycles. The van der Waals surface area contributed by atoms with Gasteiger partial charge in [-0.2, -0.15) is 0 Å². The third-order valence-electron chi connectivity index (χ3n) is 8.55. The Kier molecular flexibility index (Phi) is 7.02. The average molecular weight is 504 g/mol. The van der Waals surface area contributed by atoms with Crippen molar-refractivity contribution in [2.24, 2.45) is 23.7 Å². The third kappa shape index (κ3) is 4.62. The van der Waals surface area contributed by atoms with E-state index in [2.05, 4.69) is 12.2 Å². The van der Waals surface area contributed by atoms with Crippen molar-refractivity contribution >= 4 is 11.9 Å². The number of hydrogen-bond donors (Lipinski definition) is 1. The molecule has 1 N–H and O–H groups in total. The number of rotatable bonds is 7. The number of carbonyl (C=O) groups excluding carboxylic acids is 2. The van der Waals surface area contributed by atoms with E-state index in [0.717, 1.165) is 37.0 Å². The standard InChI is InChI=1S/C27H37NO8/c1-16-5-10-21-17(2)24(33-25-27(21)20(16)13-14-26(3,34-25)35-36-27)32-23(30)12-11-22(29)28-15-18-6-8-19(31-4)9-7-18/h6-9,16-17,20-21,24-25H,5,10-15H2,1-4H3,(H,28,29)/t16-,17+,20-,21+,24+,25-,26-,27+/m0/s1. The van der Waals surface area contributed by atoms with Crippen LogP contribution >= 0.6 is 0 Å². The number of amides is 1. The van der Waals surface area contributed by atoms with E-state index in [4.69, 9.17) is 28.7 Å². The fraction of sp³-hybridized carbons (Fsp3) is 0.704. The molecule has 1 saturated carbocycles. The van der Waals surface area contributed by atoms with Crippen molar-refractivity contribution in [3.05, 3.63) is 29.8 Å². The molecule has 36 heavy (non-hydrogen) atoms. The van der Waals surface area contributed by atoms with Gasteiger partial charge in [0.25, 0.3) is 0 Å². The van der Waals surface area contributed by atoms with Crippen LogP contribution in [-0.4, -0.2) is 43.0 Å². The van der Waals surface area contributed by atoms with Crippen LogP contribution in [0.1, 0.15) is 64.9 Å². The highest BCUT2D eigenvalue weighted by Gasteiger charge is 2.69. The lowest BCUT2D eigenvalue weighted by atomic mass is 9.58. The zero-order chi connectivity index (χ0) is 25.5. The molecule has 1 spiro atoms. The summed E-state index contributed by atoms with van der Waals surface area (Å²) in [7, 11) is 1.61. The van der Waals surface area contributed by atoms with Crippen molar-refractivity contribution in [3.63, 3.8) is 0 Å². The molecule has 1 aromatic carbocycles. The molecule has 5 fully saturated rings. The Morgan fingerprint density at radius 1 is 1.06 bits per heavy atom. The summed E-state index contributed by atoms with van der Waals surface area (Å²) in [6.45, 7) is 6.53. The molecule has 5 aliphatic rings. The van der Waals surface area contributed by atoms with Crippen LogP contribution in [0.15, 0.2) is 24.3 Å². The summed E-state index contributed by atoms with van der Waals surface area (Å²) in [5, 5.41) is 2.83. The number of carbonyl (C=O) groups is 2. The van der Waals surface area contributed by atoms with Crippen molar-refractivity contribution in [2.75, 3.05) is 7.11 Å². The van der Waals surface area contributed by atoms with E-state index >= 15 is 0 Å². The predicted molar refractivity (Wildman–Crippen MR) is 127 cm³/mol. The van der Waals surface area contributed by atoms with E-state index in [1.807, 2.05) is 38.1 Å². The molecule has 4 heterocycles. The number of benzene rings is 1. The molecule has 0 radical (unpaired) electrons. The monoisotopic (exact) mass is 503 g/mol. The number of ether oxygens (including phenoxy) is 4. The third-order valence-corrected chi connectivity index (χ3v) is 8.55. The molecular weight excluding hydrogens is 466 g/mol. The maximum Gasteiger partial charge on any atom is 0.308 e. The van der Waals surface area contributed by atoms with E-state index in [0.29, 0.717) is 12.5 Å². The maximum absolute atomic E-state index is 12.7. The van der Waals surface area contributed by atoms with E-state index in [9.17, 15) is 9.59 Å². The average Bonchev–Trinajstić information content (AvgIpc) is 3.10. The minimum atomic E-state index is -0.880. The molecule has 0 unspecified atom stereocenters. The highest BCUT2D eigenvalue weighted by Crippen LogP contribution is 2.60. The molecule has 6 rings (SSSR count). The number of fused-ring (bicyclic) bond motifs is 2. The van der Waals surface area contributed by atoms with E-state index < -0.39 is 29.9 Å². The molecule has 1 aliphatic carbocycles. The van der Waals surface area contributed by atoms with E-state index in [-0.39, 0.29) is 36.5 Å². The molecule has 1 aromatic rings. The first kappa shape index (κ1) is 25.4. The van der Waals surface area contributed by atoms with Gasteiger partial charge >= 0.3 is 5.97 Å². The molecule has 9 nitrogen and oxygen atoms in total. The Balaban J connectivity index is 1.17. The van der Waals surface area contributed by atoms with Gasteiger partial charge < -0.3 is 24.3 Å². The minimum absolute atomic E-state index is 0.0284. The van der Waals surface area contributed by atoms with E-state index in [1.165, 1.54) is 0 Å². The van der Waals surface area contributed by atoms with Crippen LogP contribution in [0.4, 0.5) is 0 Å². The topological polar surface area (TPSA) is 102 Å². The molecule has 2 bridgehead atoms. The highest BCUT2D eigenvalue weighted by atomic mass is 17.3. The summed E-state index contributed by atoms with van der Waals surface area (Å²) in [6, 6.07) is 7.45. The highest BCUT2D eigenvalue weighted by molar-refractivity contribution is 5.81. The van der Waals surface area contributed by atoms with E-state index in [1.54, 1.807) is 7.11 Å². The Bertz CT molecular complexity index is 969. The normalized spacial score (nSPS) is 39.0. The lowest BCUT2D eigenvalue weighted by molar-refractivity contribution is -0.576. The summed E-state index contributed by atoms with van der Waals surface area (Å²) in [5.74, 6) is -0.122. The number of esters is 1. The molecule has 1 amide bonds. The molecule has 9 heteroatoms. The zero-order valence-electron chi connectivity index (χ0n) is 21.5. The van der Waals surface area contributed by atoms with Gasteiger partial charge in [-0.1, -0.05) is 26.0 Å². The maximum atomic E-state index is 12.7. The fourth-order valence-corrected chi connectivity index (χ4v) is 6.44. The van der Waals surface area contributed by atoms with Gasteiger partial charge in [0.15, 0.2) is 11.9 Å². The molecule has 198 valence electrons. The SMILES string of the molecule is COc1ccc(CNC(=O)CCC(=O)O[C@@H]2O[C@H]3O[C@]4(C)CC[C@H]5[C@@H](C)CC[C@H]([C@H]2C)[C@@]35OO4)cc1. The van der Waals surface area contributed by atoms with Gasteiger partial charge in [0.05, 0.1) is 13.5 Å². The number of hydrogen-bond acceptors (Lipinski definition) is 8. The molecular formula is C27H37NO8. The number of methoxy groups -OCH3 is 1. The first-order valence-electron chi connectivity index (χ1n) is 13.0. The predicted octanol–water partition coefficient (Wildman–Crippen LogP) is 3.84. The summed E-state index contributed by atoms with van der Waals surface area (Å²) in [5.41, 5.74) is 0.250. The zero-order valence-corrected chi connectivity index (χ0v) is 21.5. The van der Waals surface area contributed by atoms with Crippen LogP contribution in [0.2, 0.25) is 0 Å². The minimum Gasteiger partial charge on any atom is -0.497 e. The Morgan fingerprint density at radius 2 is 1.83 bits per heavy atom. The van der Waals surface area contributed by atoms with Crippen molar-refractivity contribution in [2.45, 2.75) is 89.8 Å². The molecule has 4 aliphatic heterocycles. The van der Waals surface area contributed by atoms with Crippen molar-refractivity contribution in [1.29, 1.82) is 0 Å². The molecule has 8 atom stereocenters. The smallest absolute Gasteiger partial charge is 0.308 e. The van der Waals surface area contributed by atoms with Gasteiger partial charge in [0.1, 0.15) is 5.75 Å². The first-order valence-corrected chi connectivity index (χ1v) is 13.0. The van der Waals surface area contributed by atoms with Crippen LogP contribution in [0.25, 0.3) is 0 Å². The van der Waals surface area contributed by atoms with Gasteiger partial charge in [-0.05, 0) is 55.7 Å². The van der Waals surface area contributed by atoms with Crippen molar-refractivity contribution < 1.29 is 38.3 Å².